The second-order valence-corrected chi connectivity index (χ2v) is 4.05. The maximum Gasteiger partial charge on any atom is 0.311 e. The molecule has 1 atom stereocenters. The minimum Gasteiger partial charge on any atom is -0.458 e. The van der Waals surface area contributed by atoms with Crippen LogP contribution in [-0.4, -0.2) is 12.0 Å². The van der Waals surface area contributed by atoms with Gasteiger partial charge in [0, 0.05) is 0 Å². The van der Waals surface area contributed by atoms with Crippen LogP contribution in [0, 0.1) is 5.41 Å². The molecule has 0 aromatic heterocycles. The Balaban J connectivity index is 2.59. The fourth-order valence-electron chi connectivity index (χ4n) is 0.881. The van der Waals surface area contributed by atoms with E-state index >= 15 is 0 Å². The molecule has 12 heavy (non-hydrogen) atoms. The Kier molecular flexibility index (Phi) is 2.15. The van der Waals surface area contributed by atoms with Gasteiger partial charge in [0.05, 0.1) is 6.79 Å². The van der Waals surface area contributed by atoms with Crippen LogP contribution in [0.25, 0.3) is 0 Å². The van der Waals surface area contributed by atoms with Crippen LogP contribution in [0.1, 0.15) is 35.0 Å². The fourth-order valence-corrected chi connectivity index (χ4v) is 0.881. The largest absolute Gasteiger partial charge is 0.458 e. The lowest BCUT2D eigenvalue weighted by Crippen LogP contribution is -2.26. The summed E-state index contributed by atoms with van der Waals surface area (Å²) >= 11 is 0. The minimum absolute atomic E-state index is 0.311. The number of ether oxygens (including phenoxy) is 1. The molecule has 1 rings (SSSR count). The van der Waals surface area contributed by atoms with E-state index < -0.39 is 11.5 Å². The topological polar surface area (TPSA) is 26.3 Å². The van der Waals surface area contributed by atoms with Crippen molar-refractivity contribution < 1.29 is 10.9 Å². The molecule has 0 fully saturated rings. The SMILES string of the molecule is [2H]C1(OC(=O)C(C)(C)C)C=CCC1. The molecule has 0 aliphatic heterocycles. The number of rotatable bonds is 1. The average molecular weight is 169 g/mol. The molecule has 0 amide bonds. The van der Waals surface area contributed by atoms with Crippen LogP contribution >= 0.6 is 0 Å². The van der Waals surface area contributed by atoms with Gasteiger partial charge < -0.3 is 4.74 Å². The molecule has 0 saturated carbocycles. The molecular weight excluding hydrogens is 152 g/mol. The van der Waals surface area contributed by atoms with Gasteiger partial charge in [-0.15, -0.1) is 0 Å². The van der Waals surface area contributed by atoms with Gasteiger partial charge in [-0.3, -0.25) is 4.79 Å². The molecule has 0 radical (unpaired) electrons. The highest BCUT2D eigenvalue weighted by atomic mass is 16.5. The summed E-state index contributed by atoms with van der Waals surface area (Å²) in [7, 11) is 0. The minimum atomic E-state index is -1.11. The number of esters is 1. The van der Waals surface area contributed by atoms with E-state index in [0.29, 0.717) is 6.42 Å². The van der Waals surface area contributed by atoms with E-state index in [9.17, 15) is 4.79 Å². The zero-order valence-electron chi connectivity index (χ0n) is 8.89. The summed E-state index contributed by atoms with van der Waals surface area (Å²) in [6, 6.07) is 0. The summed E-state index contributed by atoms with van der Waals surface area (Å²) in [5, 5.41) is 0. The summed E-state index contributed by atoms with van der Waals surface area (Å²) < 4.78 is 12.9. The van der Waals surface area contributed by atoms with Crippen molar-refractivity contribution in [3.63, 3.8) is 0 Å². The Morgan fingerprint density at radius 2 is 2.33 bits per heavy atom. The second-order valence-electron chi connectivity index (χ2n) is 4.05. The molecule has 68 valence electrons. The summed E-state index contributed by atoms with van der Waals surface area (Å²) in [6.07, 6.45) is 3.82. The molecule has 0 saturated heterocycles. The van der Waals surface area contributed by atoms with E-state index in [1.807, 2.05) is 6.08 Å². The third kappa shape index (κ3) is 2.36. The average Bonchev–Trinajstić information content (AvgIpc) is 2.33. The number of carbonyl (C=O) groups excluding carboxylic acids is 1. The zero-order valence-corrected chi connectivity index (χ0v) is 7.89. The van der Waals surface area contributed by atoms with Crippen LogP contribution in [0.2, 0.25) is 0 Å². The van der Waals surface area contributed by atoms with E-state index in [1.165, 1.54) is 0 Å². The number of hydrogen-bond acceptors (Lipinski definition) is 2. The highest BCUT2D eigenvalue weighted by molar-refractivity contribution is 5.75. The summed E-state index contributed by atoms with van der Waals surface area (Å²) in [4.78, 5) is 11.4. The molecule has 1 aliphatic carbocycles. The van der Waals surface area contributed by atoms with Gasteiger partial charge in [0.1, 0.15) is 6.08 Å². The van der Waals surface area contributed by atoms with Gasteiger partial charge in [-0.25, -0.2) is 0 Å². The molecule has 0 spiro atoms. The first-order valence-electron chi connectivity index (χ1n) is 4.75. The Bertz CT molecular complexity index is 240. The molecule has 2 heteroatoms. The van der Waals surface area contributed by atoms with Gasteiger partial charge >= 0.3 is 5.97 Å². The van der Waals surface area contributed by atoms with Crippen molar-refractivity contribution in [2.24, 2.45) is 5.41 Å². The van der Waals surface area contributed by atoms with E-state index in [2.05, 4.69) is 0 Å². The molecule has 1 aliphatic rings. The summed E-state index contributed by atoms with van der Waals surface area (Å²) in [5.74, 6) is -0.311. The van der Waals surface area contributed by atoms with Crippen molar-refractivity contribution in [3.8, 4) is 0 Å². The van der Waals surface area contributed by atoms with Crippen LogP contribution in [-0.2, 0) is 9.53 Å². The second kappa shape index (κ2) is 3.30. The van der Waals surface area contributed by atoms with Crippen molar-refractivity contribution in [2.45, 2.75) is 39.7 Å². The van der Waals surface area contributed by atoms with Gasteiger partial charge in [-0.05, 0) is 39.7 Å². The Morgan fingerprint density at radius 3 is 2.75 bits per heavy atom. The third-order valence-corrected chi connectivity index (χ3v) is 1.70. The first-order chi connectivity index (χ1) is 5.83. The van der Waals surface area contributed by atoms with Crippen LogP contribution in [0.4, 0.5) is 0 Å². The van der Waals surface area contributed by atoms with Crippen molar-refractivity contribution in [1.82, 2.24) is 0 Å². The van der Waals surface area contributed by atoms with Crippen LogP contribution < -0.4 is 0 Å². The van der Waals surface area contributed by atoms with Gasteiger partial charge in [0.2, 0.25) is 0 Å². The van der Waals surface area contributed by atoms with E-state index in [1.54, 1.807) is 26.8 Å². The first-order valence-corrected chi connectivity index (χ1v) is 4.25. The van der Waals surface area contributed by atoms with Crippen molar-refractivity contribution in [3.05, 3.63) is 12.2 Å². The Hall–Kier alpha value is -0.790. The standard InChI is InChI=1S/C10H16O2/c1-10(2,3)9(11)12-8-6-4-5-7-8/h4,6,8H,5,7H2,1-3H3/i8D. The normalized spacial score (nSPS) is 30.1. The molecule has 0 heterocycles. The van der Waals surface area contributed by atoms with Crippen molar-refractivity contribution in [1.29, 1.82) is 0 Å². The highest BCUT2D eigenvalue weighted by Gasteiger charge is 2.25. The predicted molar refractivity (Wildman–Crippen MR) is 47.7 cm³/mol. The lowest BCUT2D eigenvalue weighted by atomic mass is 9.97. The molecule has 0 aromatic rings. The first kappa shape index (κ1) is 7.84. The van der Waals surface area contributed by atoms with Gasteiger partial charge in [0.25, 0.3) is 0 Å². The van der Waals surface area contributed by atoms with Crippen LogP contribution in [0.15, 0.2) is 12.2 Å². The summed E-state index contributed by atoms with van der Waals surface area (Å²) in [6.45, 7) is 5.37. The molecule has 0 aromatic carbocycles. The molecule has 2 nitrogen and oxygen atoms in total. The number of allylic oxidation sites excluding steroid dienone is 1. The van der Waals surface area contributed by atoms with Gasteiger partial charge in [-0.2, -0.15) is 0 Å². The van der Waals surface area contributed by atoms with E-state index in [4.69, 9.17) is 6.11 Å². The Morgan fingerprint density at radius 1 is 1.67 bits per heavy atom. The number of carbonyl (C=O) groups is 1. The summed E-state index contributed by atoms with van der Waals surface area (Å²) in [5.41, 5.74) is -0.523. The zero-order chi connectivity index (χ0) is 10.1. The maximum atomic E-state index is 11.4. The van der Waals surface area contributed by atoms with Crippen LogP contribution in [0.5, 0.6) is 0 Å². The van der Waals surface area contributed by atoms with E-state index in [-0.39, 0.29) is 5.97 Å². The maximum absolute atomic E-state index is 11.4. The van der Waals surface area contributed by atoms with Gasteiger partial charge in [0.15, 0.2) is 0 Å². The molecule has 0 N–H and O–H groups in total. The molecule has 0 bridgehead atoms. The van der Waals surface area contributed by atoms with E-state index in [0.717, 1.165) is 6.42 Å². The Labute approximate surface area is 75.0 Å². The third-order valence-electron chi connectivity index (χ3n) is 1.70. The smallest absolute Gasteiger partial charge is 0.311 e. The quantitative estimate of drug-likeness (QED) is 0.444. The lowest BCUT2D eigenvalue weighted by Gasteiger charge is -2.19. The molecule has 1 unspecified atom stereocenters. The molecular formula is C10H16O2. The monoisotopic (exact) mass is 169 g/mol. The van der Waals surface area contributed by atoms with Crippen LogP contribution in [0.3, 0.4) is 0 Å². The van der Waals surface area contributed by atoms with Crippen molar-refractivity contribution >= 4 is 5.97 Å². The predicted octanol–water partition coefficient (Wildman–Crippen LogP) is 2.29. The van der Waals surface area contributed by atoms with Crippen molar-refractivity contribution in [2.75, 3.05) is 0 Å². The number of hydrogen-bond donors (Lipinski definition) is 0. The lowest BCUT2D eigenvalue weighted by molar-refractivity contribution is -0.156. The van der Waals surface area contributed by atoms with Gasteiger partial charge in [-0.1, -0.05) is 6.08 Å². The fraction of sp³-hybridized carbons (Fsp3) is 0.700. The highest BCUT2D eigenvalue weighted by Crippen LogP contribution is 2.20.